The fourth-order valence-electron chi connectivity index (χ4n) is 4.65. The van der Waals surface area contributed by atoms with Gasteiger partial charge in [0.25, 0.3) is 0 Å². The van der Waals surface area contributed by atoms with Crippen LogP contribution < -0.4 is 10.6 Å². The highest BCUT2D eigenvalue weighted by molar-refractivity contribution is 5.74. The van der Waals surface area contributed by atoms with Crippen LogP contribution in [-0.2, 0) is 4.74 Å². The van der Waals surface area contributed by atoms with E-state index in [0.717, 1.165) is 57.7 Å². The number of carbonyl (C=O) groups is 1. The van der Waals surface area contributed by atoms with Gasteiger partial charge in [-0.3, -0.25) is 4.90 Å². The quantitative estimate of drug-likeness (QED) is 0.748. The summed E-state index contributed by atoms with van der Waals surface area (Å²) < 4.78 is 6.06. The van der Waals surface area contributed by atoms with Crippen LogP contribution in [0.3, 0.4) is 0 Å². The summed E-state index contributed by atoms with van der Waals surface area (Å²) in [5.74, 6) is 0.359. The number of nitrogens with one attached hydrogen (secondary N) is 2. The summed E-state index contributed by atoms with van der Waals surface area (Å²) in [6.45, 7) is 13.2. The smallest absolute Gasteiger partial charge is 0.315 e. The van der Waals surface area contributed by atoms with Gasteiger partial charge in [-0.05, 0) is 30.9 Å². The number of amides is 2. The third kappa shape index (κ3) is 6.69. The number of benzene rings is 1. The molecular weight excluding hydrogens is 376 g/mol. The Hall–Kier alpha value is -1.63. The molecule has 0 bridgehead atoms. The number of hydrogen-bond acceptors (Lipinski definition) is 4. The Morgan fingerprint density at radius 1 is 1.17 bits per heavy atom. The molecule has 1 aromatic carbocycles. The lowest BCUT2D eigenvalue weighted by Crippen LogP contribution is -2.50. The molecule has 6 heteroatoms. The van der Waals surface area contributed by atoms with Crippen LogP contribution in [0.5, 0.6) is 0 Å². The van der Waals surface area contributed by atoms with Gasteiger partial charge >= 0.3 is 6.03 Å². The van der Waals surface area contributed by atoms with E-state index in [1.807, 2.05) is 18.2 Å². The van der Waals surface area contributed by atoms with E-state index in [0.29, 0.717) is 12.5 Å². The van der Waals surface area contributed by atoms with Crippen LogP contribution in [0.2, 0.25) is 0 Å². The van der Waals surface area contributed by atoms with Crippen LogP contribution in [0.1, 0.15) is 45.2 Å². The Kier molecular flexibility index (Phi) is 8.14. The summed E-state index contributed by atoms with van der Waals surface area (Å²) in [6, 6.07) is 10.2. The fourth-order valence-corrected chi connectivity index (χ4v) is 4.65. The van der Waals surface area contributed by atoms with Gasteiger partial charge in [0.05, 0.1) is 12.1 Å². The van der Waals surface area contributed by atoms with E-state index >= 15 is 0 Å². The molecule has 168 valence electrons. The molecule has 3 unspecified atom stereocenters. The van der Waals surface area contributed by atoms with Crippen LogP contribution in [0, 0.1) is 11.3 Å². The highest BCUT2D eigenvalue weighted by Crippen LogP contribution is 2.33. The molecule has 2 amide bonds. The van der Waals surface area contributed by atoms with Crippen molar-refractivity contribution in [3.63, 3.8) is 0 Å². The molecule has 1 aromatic rings. The molecule has 2 aliphatic heterocycles. The molecule has 2 saturated heterocycles. The van der Waals surface area contributed by atoms with Crippen molar-refractivity contribution < 1.29 is 9.53 Å². The summed E-state index contributed by atoms with van der Waals surface area (Å²) in [6.07, 6.45) is 2.35. The number of carbonyl (C=O) groups excluding carboxylic acids is 1. The molecular formula is C24H40N4O2. The molecule has 6 nitrogen and oxygen atoms in total. The van der Waals surface area contributed by atoms with Gasteiger partial charge in [0.2, 0.25) is 0 Å². The van der Waals surface area contributed by atoms with Crippen molar-refractivity contribution in [3.05, 3.63) is 35.9 Å². The minimum atomic E-state index is -0.0868. The molecule has 2 heterocycles. The minimum absolute atomic E-state index is 0.0179. The van der Waals surface area contributed by atoms with Crippen LogP contribution in [0.4, 0.5) is 4.79 Å². The van der Waals surface area contributed by atoms with E-state index < -0.39 is 0 Å². The Bertz CT molecular complexity index is 653. The molecule has 0 aliphatic carbocycles. The van der Waals surface area contributed by atoms with Crippen LogP contribution in [0.25, 0.3) is 0 Å². The number of hydrogen-bond donors (Lipinski definition) is 2. The zero-order chi connectivity index (χ0) is 21.6. The normalized spacial score (nSPS) is 24.9. The second-order valence-corrected chi connectivity index (χ2v) is 9.98. The summed E-state index contributed by atoms with van der Waals surface area (Å²) in [4.78, 5) is 17.6. The van der Waals surface area contributed by atoms with Crippen LogP contribution in [0.15, 0.2) is 30.3 Å². The monoisotopic (exact) mass is 416 g/mol. The lowest BCUT2D eigenvalue weighted by molar-refractivity contribution is -0.0838. The number of likely N-dealkylation sites (N-methyl/N-ethyl adjacent to an activating group) is 1. The highest BCUT2D eigenvalue weighted by Gasteiger charge is 2.35. The molecule has 0 spiro atoms. The predicted molar refractivity (Wildman–Crippen MR) is 122 cm³/mol. The van der Waals surface area contributed by atoms with Gasteiger partial charge in [0.15, 0.2) is 0 Å². The topological polar surface area (TPSA) is 56.8 Å². The van der Waals surface area contributed by atoms with E-state index in [1.54, 1.807) is 0 Å². The number of rotatable bonds is 6. The van der Waals surface area contributed by atoms with Crippen molar-refractivity contribution in [1.82, 2.24) is 20.4 Å². The Labute approximate surface area is 182 Å². The van der Waals surface area contributed by atoms with Gasteiger partial charge in [-0.25, -0.2) is 4.79 Å². The molecule has 3 rings (SSSR count). The van der Waals surface area contributed by atoms with Crippen LogP contribution in [-0.4, -0.2) is 74.9 Å². The molecule has 2 N–H and O–H groups in total. The van der Waals surface area contributed by atoms with E-state index in [4.69, 9.17) is 4.74 Å². The molecule has 0 saturated carbocycles. The Balaban J connectivity index is 1.57. The molecule has 2 fully saturated rings. The summed E-state index contributed by atoms with van der Waals surface area (Å²) in [5.41, 5.74) is 1.23. The lowest BCUT2D eigenvalue weighted by Gasteiger charge is -2.40. The highest BCUT2D eigenvalue weighted by atomic mass is 16.5. The van der Waals surface area contributed by atoms with Gasteiger partial charge in [-0.1, -0.05) is 51.1 Å². The van der Waals surface area contributed by atoms with Crippen molar-refractivity contribution in [3.8, 4) is 0 Å². The van der Waals surface area contributed by atoms with Crippen molar-refractivity contribution in [1.29, 1.82) is 0 Å². The van der Waals surface area contributed by atoms with Crippen molar-refractivity contribution in [2.45, 2.75) is 45.8 Å². The third-order valence-corrected chi connectivity index (χ3v) is 6.37. The number of ether oxygens (including phenoxy) is 1. The standard InChI is InChI=1S/C24H40N4O2/c1-24(2,3)22-20(11-8-16-30-22)17-25-23(29)26-21(19-9-6-5-7-10-19)18-28-14-12-27(4)13-15-28/h5-7,9-10,20-22H,8,11-18H2,1-4H3,(H2,25,26,29). The molecule has 3 atom stereocenters. The zero-order valence-corrected chi connectivity index (χ0v) is 19.2. The Morgan fingerprint density at radius 3 is 2.53 bits per heavy atom. The molecule has 2 aliphatic rings. The Morgan fingerprint density at radius 2 is 1.87 bits per heavy atom. The van der Waals surface area contributed by atoms with Gasteiger partial charge in [0, 0.05) is 51.8 Å². The van der Waals surface area contributed by atoms with Gasteiger partial charge in [-0.2, -0.15) is 0 Å². The number of piperazine rings is 1. The van der Waals surface area contributed by atoms with Gasteiger partial charge in [0.1, 0.15) is 0 Å². The van der Waals surface area contributed by atoms with Crippen molar-refractivity contribution in [2.24, 2.45) is 11.3 Å². The summed E-state index contributed by atoms with van der Waals surface area (Å²) in [7, 11) is 2.16. The first-order chi connectivity index (χ1) is 14.3. The fraction of sp³-hybridized carbons (Fsp3) is 0.708. The second-order valence-electron chi connectivity index (χ2n) is 9.98. The molecule has 30 heavy (non-hydrogen) atoms. The minimum Gasteiger partial charge on any atom is -0.377 e. The second kappa shape index (κ2) is 10.6. The SMILES string of the molecule is CN1CCN(CC(NC(=O)NCC2CCCOC2C(C)(C)C)c2ccccc2)CC1. The number of nitrogens with zero attached hydrogens (tertiary/aromatic N) is 2. The molecule has 0 aromatic heterocycles. The zero-order valence-electron chi connectivity index (χ0n) is 19.2. The average Bonchev–Trinajstić information content (AvgIpc) is 2.73. The van der Waals surface area contributed by atoms with E-state index in [2.05, 4.69) is 60.4 Å². The number of urea groups is 1. The average molecular weight is 417 g/mol. The van der Waals surface area contributed by atoms with Crippen molar-refractivity contribution >= 4 is 6.03 Å². The first kappa shape index (κ1) is 23.0. The summed E-state index contributed by atoms with van der Waals surface area (Å²) in [5, 5.41) is 6.38. The van der Waals surface area contributed by atoms with E-state index in [-0.39, 0.29) is 23.6 Å². The maximum atomic E-state index is 12.8. The largest absolute Gasteiger partial charge is 0.377 e. The van der Waals surface area contributed by atoms with Crippen LogP contribution >= 0.6 is 0 Å². The van der Waals surface area contributed by atoms with Gasteiger partial charge in [-0.15, -0.1) is 0 Å². The van der Waals surface area contributed by atoms with E-state index in [9.17, 15) is 4.79 Å². The first-order valence-corrected chi connectivity index (χ1v) is 11.4. The third-order valence-electron chi connectivity index (χ3n) is 6.37. The molecule has 0 radical (unpaired) electrons. The van der Waals surface area contributed by atoms with Crippen molar-refractivity contribution in [2.75, 3.05) is 52.9 Å². The first-order valence-electron chi connectivity index (χ1n) is 11.4. The van der Waals surface area contributed by atoms with Gasteiger partial charge < -0.3 is 20.3 Å². The maximum absolute atomic E-state index is 12.8. The lowest BCUT2D eigenvalue weighted by atomic mass is 9.78. The summed E-state index contributed by atoms with van der Waals surface area (Å²) >= 11 is 0. The predicted octanol–water partition coefficient (Wildman–Crippen LogP) is 3.12. The maximum Gasteiger partial charge on any atom is 0.315 e. The van der Waals surface area contributed by atoms with E-state index in [1.165, 1.54) is 0 Å².